The number of nitrogens with zero attached hydrogens (tertiary/aromatic N) is 3. The highest BCUT2D eigenvalue weighted by Crippen LogP contribution is 2.26. The monoisotopic (exact) mass is 435 g/mol. The molecule has 0 atom stereocenters. The van der Waals surface area contributed by atoms with E-state index in [1.165, 1.54) is 54.9 Å². The highest BCUT2D eigenvalue weighted by Gasteiger charge is 2.25. The fourth-order valence-electron chi connectivity index (χ4n) is 2.28. The SMILES string of the molecule is O=[N+]([O-])c1ccccc1S(=O)(=O)Nc1ccc(S(=O)(=O)Nc2ncccn2)cc1. The van der Waals surface area contributed by atoms with Crippen LogP contribution in [0, 0.1) is 10.1 Å². The molecular weight excluding hydrogens is 422 g/mol. The van der Waals surface area contributed by atoms with E-state index >= 15 is 0 Å². The van der Waals surface area contributed by atoms with Crippen LogP contribution in [0.1, 0.15) is 0 Å². The van der Waals surface area contributed by atoms with E-state index in [0.717, 1.165) is 12.1 Å². The number of para-hydroxylation sites is 1. The average Bonchev–Trinajstić information content (AvgIpc) is 2.68. The minimum Gasteiger partial charge on any atom is -0.279 e. The largest absolute Gasteiger partial charge is 0.289 e. The van der Waals surface area contributed by atoms with Crippen LogP contribution in [0.25, 0.3) is 0 Å². The van der Waals surface area contributed by atoms with Crippen molar-refractivity contribution in [2.75, 3.05) is 9.44 Å². The molecule has 0 saturated heterocycles. The minimum atomic E-state index is -4.26. The van der Waals surface area contributed by atoms with Crippen molar-refractivity contribution in [2.45, 2.75) is 9.79 Å². The number of hydrogen-bond donors (Lipinski definition) is 2. The smallest absolute Gasteiger partial charge is 0.279 e. The number of nitrogens with one attached hydrogen (secondary N) is 2. The van der Waals surface area contributed by atoms with E-state index in [0.29, 0.717) is 0 Å². The van der Waals surface area contributed by atoms with Crippen molar-refractivity contribution in [1.29, 1.82) is 0 Å². The minimum absolute atomic E-state index is 0.0260. The third kappa shape index (κ3) is 4.64. The molecule has 0 aliphatic rings. The lowest BCUT2D eigenvalue weighted by Crippen LogP contribution is -2.16. The van der Waals surface area contributed by atoms with E-state index in [1.54, 1.807) is 0 Å². The number of hydrogen-bond acceptors (Lipinski definition) is 8. The summed E-state index contributed by atoms with van der Waals surface area (Å²) < 4.78 is 54.0. The van der Waals surface area contributed by atoms with Crippen molar-refractivity contribution in [3.05, 3.63) is 77.1 Å². The molecular formula is C16H13N5O6S2. The Morgan fingerprint density at radius 2 is 1.41 bits per heavy atom. The van der Waals surface area contributed by atoms with Crippen LogP contribution in [0.5, 0.6) is 0 Å². The number of aromatic nitrogens is 2. The van der Waals surface area contributed by atoms with Gasteiger partial charge in [0.2, 0.25) is 5.95 Å². The summed E-state index contributed by atoms with van der Waals surface area (Å²) in [5.74, 6) is -0.117. The predicted octanol–water partition coefficient (Wildman–Crippen LogP) is 1.99. The van der Waals surface area contributed by atoms with Gasteiger partial charge in [-0.1, -0.05) is 12.1 Å². The van der Waals surface area contributed by atoms with E-state index < -0.39 is 35.6 Å². The molecule has 0 fully saturated rings. The van der Waals surface area contributed by atoms with Crippen LogP contribution in [0.3, 0.4) is 0 Å². The first-order valence-electron chi connectivity index (χ1n) is 7.85. The van der Waals surface area contributed by atoms with Gasteiger partial charge in [-0.05, 0) is 36.4 Å². The molecule has 29 heavy (non-hydrogen) atoms. The fraction of sp³-hybridized carbons (Fsp3) is 0. The zero-order valence-electron chi connectivity index (χ0n) is 14.5. The lowest BCUT2D eigenvalue weighted by molar-refractivity contribution is -0.387. The molecule has 3 aromatic rings. The lowest BCUT2D eigenvalue weighted by atomic mass is 10.3. The number of benzene rings is 2. The third-order valence-corrected chi connectivity index (χ3v) is 6.33. The molecule has 11 nitrogen and oxygen atoms in total. The van der Waals surface area contributed by atoms with E-state index in [1.807, 2.05) is 0 Å². The van der Waals surface area contributed by atoms with Crippen LogP contribution in [0.15, 0.2) is 76.8 Å². The molecule has 1 aromatic heterocycles. The first kappa shape index (κ1) is 20.2. The van der Waals surface area contributed by atoms with Crippen LogP contribution in [0.2, 0.25) is 0 Å². The van der Waals surface area contributed by atoms with Crippen molar-refractivity contribution in [3.63, 3.8) is 0 Å². The number of anilines is 2. The molecule has 3 rings (SSSR count). The molecule has 0 saturated carbocycles. The van der Waals surface area contributed by atoms with Gasteiger partial charge in [-0.2, -0.15) is 0 Å². The molecule has 0 spiro atoms. The third-order valence-electron chi connectivity index (χ3n) is 3.56. The molecule has 2 aromatic carbocycles. The number of nitro groups is 1. The van der Waals surface area contributed by atoms with E-state index in [-0.39, 0.29) is 16.5 Å². The summed E-state index contributed by atoms with van der Waals surface area (Å²) in [5.41, 5.74) is -0.552. The summed E-state index contributed by atoms with van der Waals surface area (Å²) >= 11 is 0. The summed E-state index contributed by atoms with van der Waals surface area (Å²) in [6.45, 7) is 0. The second-order valence-electron chi connectivity index (χ2n) is 5.53. The second-order valence-corrected chi connectivity index (χ2v) is 8.87. The Kier molecular flexibility index (Phi) is 5.43. The Morgan fingerprint density at radius 1 is 0.793 bits per heavy atom. The summed E-state index contributed by atoms with van der Waals surface area (Å²) in [5, 5.41) is 11.1. The zero-order chi connectivity index (χ0) is 21.1. The van der Waals surface area contributed by atoms with Crippen LogP contribution in [-0.4, -0.2) is 31.7 Å². The summed E-state index contributed by atoms with van der Waals surface area (Å²) in [4.78, 5) is 17.1. The molecule has 0 radical (unpaired) electrons. The molecule has 150 valence electrons. The maximum Gasteiger partial charge on any atom is 0.289 e. The van der Waals surface area contributed by atoms with Gasteiger partial charge in [-0.25, -0.2) is 31.5 Å². The maximum absolute atomic E-state index is 12.5. The second kappa shape index (κ2) is 7.81. The average molecular weight is 435 g/mol. The molecule has 0 aliphatic carbocycles. The molecule has 2 N–H and O–H groups in total. The van der Waals surface area contributed by atoms with Crippen LogP contribution >= 0.6 is 0 Å². The Labute approximate surface area is 165 Å². The quantitative estimate of drug-likeness (QED) is 0.420. The van der Waals surface area contributed by atoms with E-state index in [2.05, 4.69) is 19.4 Å². The van der Waals surface area contributed by atoms with Gasteiger partial charge in [-0.3, -0.25) is 14.8 Å². The first-order valence-corrected chi connectivity index (χ1v) is 10.8. The Balaban J connectivity index is 1.83. The molecule has 1 heterocycles. The number of sulfonamides is 2. The first-order chi connectivity index (χ1) is 13.7. The summed E-state index contributed by atoms with van der Waals surface area (Å²) in [6, 6.07) is 11.2. The predicted molar refractivity (Wildman–Crippen MR) is 103 cm³/mol. The van der Waals surface area contributed by atoms with E-state index in [4.69, 9.17) is 0 Å². The fourth-order valence-corrected chi connectivity index (χ4v) is 4.47. The lowest BCUT2D eigenvalue weighted by Gasteiger charge is -2.10. The normalized spacial score (nSPS) is 11.6. The summed E-state index contributed by atoms with van der Waals surface area (Å²) in [7, 11) is -8.25. The maximum atomic E-state index is 12.5. The van der Waals surface area contributed by atoms with Crippen molar-refractivity contribution >= 4 is 37.4 Å². The van der Waals surface area contributed by atoms with Gasteiger partial charge < -0.3 is 0 Å². The van der Waals surface area contributed by atoms with Gasteiger partial charge in [0.1, 0.15) is 0 Å². The van der Waals surface area contributed by atoms with Gasteiger partial charge in [0.15, 0.2) is 4.90 Å². The molecule has 0 amide bonds. The van der Waals surface area contributed by atoms with Crippen LogP contribution < -0.4 is 9.44 Å². The van der Waals surface area contributed by atoms with Gasteiger partial charge in [-0.15, -0.1) is 0 Å². The Morgan fingerprint density at radius 3 is 2.03 bits per heavy atom. The molecule has 0 unspecified atom stereocenters. The van der Waals surface area contributed by atoms with Crippen LogP contribution in [0.4, 0.5) is 17.3 Å². The topological polar surface area (TPSA) is 161 Å². The van der Waals surface area contributed by atoms with Gasteiger partial charge in [0.05, 0.1) is 9.82 Å². The van der Waals surface area contributed by atoms with Crippen molar-refractivity contribution < 1.29 is 21.8 Å². The van der Waals surface area contributed by atoms with Crippen molar-refractivity contribution in [1.82, 2.24) is 9.97 Å². The van der Waals surface area contributed by atoms with E-state index in [9.17, 15) is 26.9 Å². The number of rotatable bonds is 7. The van der Waals surface area contributed by atoms with Crippen molar-refractivity contribution in [3.8, 4) is 0 Å². The molecule has 13 heteroatoms. The number of nitro benzene ring substituents is 1. The molecule has 0 aliphatic heterocycles. The van der Waals surface area contributed by atoms with Crippen molar-refractivity contribution in [2.24, 2.45) is 0 Å². The Hall–Kier alpha value is -3.58. The molecule has 0 bridgehead atoms. The van der Waals surface area contributed by atoms with Gasteiger partial charge in [0.25, 0.3) is 25.7 Å². The highest BCUT2D eigenvalue weighted by molar-refractivity contribution is 7.93. The van der Waals surface area contributed by atoms with Crippen LogP contribution in [-0.2, 0) is 20.0 Å². The standard InChI is InChI=1S/C16H13N5O6S2/c22-21(23)14-4-1-2-5-15(14)29(26,27)19-12-6-8-13(9-7-12)28(24,25)20-16-17-10-3-11-18-16/h1-11,19H,(H,17,18,20). The summed E-state index contributed by atoms with van der Waals surface area (Å²) in [6.07, 6.45) is 2.73. The van der Waals surface area contributed by atoms with Gasteiger partial charge >= 0.3 is 0 Å². The zero-order valence-corrected chi connectivity index (χ0v) is 16.1. The van der Waals surface area contributed by atoms with Gasteiger partial charge in [0, 0.05) is 24.1 Å². The highest BCUT2D eigenvalue weighted by atomic mass is 32.2. The Bertz CT molecular complexity index is 1250.